The highest BCUT2D eigenvalue weighted by molar-refractivity contribution is 7.80. The molecule has 18 heavy (non-hydrogen) atoms. The minimum absolute atomic E-state index is 0.382. The lowest BCUT2D eigenvalue weighted by Crippen LogP contribution is -2.35. The Hall–Kier alpha value is -1.60. The number of nitrogens with one attached hydrogen (secondary N) is 2. The molecule has 1 aromatic rings. The van der Waals surface area contributed by atoms with Crippen LogP contribution in [0, 0.1) is 11.3 Å². The first-order chi connectivity index (χ1) is 8.65. The standard InChI is InChI=1S/C14H19N3S/c1-3-4-11(2)16-14(18)17-13-7-5-12(6-8-13)9-10-15/h5-8,11H,3-4,9H2,1-2H3,(H2,16,17,18). The fourth-order valence-corrected chi connectivity index (χ4v) is 2.01. The van der Waals surface area contributed by atoms with Gasteiger partial charge in [0.25, 0.3) is 0 Å². The monoisotopic (exact) mass is 261 g/mol. The van der Waals surface area contributed by atoms with E-state index in [2.05, 4.69) is 30.6 Å². The minimum Gasteiger partial charge on any atom is -0.360 e. The maximum Gasteiger partial charge on any atom is 0.170 e. The maximum atomic E-state index is 8.59. The number of nitrogens with zero attached hydrogens (tertiary/aromatic N) is 1. The molecule has 1 atom stereocenters. The van der Waals surface area contributed by atoms with E-state index in [0.29, 0.717) is 17.6 Å². The Morgan fingerprint density at radius 1 is 1.39 bits per heavy atom. The lowest BCUT2D eigenvalue weighted by molar-refractivity contribution is 0.599. The van der Waals surface area contributed by atoms with E-state index in [9.17, 15) is 0 Å². The van der Waals surface area contributed by atoms with Crippen LogP contribution in [-0.4, -0.2) is 11.2 Å². The maximum absolute atomic E-state index is 8.59. The van der Waals surface area contributed by atoms with E-state index in [1.807, 2.05) is 24.3 Å². The average Bonchev–Trinajstić information content (AvgIpc) is 2.32. The van der Waals surface area contributed by atoms with E-state index < -0.39 is 0 Å². The molecule has 0 aliphatic heterocycles. The molecule has 0 heterocycles. The number of hydrogen-bond acceptors (Lipinski definition) is 2. The predicted molar refractivity (Wildman–Crippen MR) is 79.5 cm³/mol. The molecule has 0 spiro atoms. The van der Waals surface area contributed by atoms with Gasteiger partial charge >= 0.3 is 0 Å². The summed E-state index contributed by atoms with van der Waals surface area (Å²) in [5.74, 6) is 0. The molecular formula is C14H19N3S. The number of rotatable bonds is 5. The molecule has 96 valence electrons. The first-order valence-corrected chi connectivity index (χ1v) is 6.60. The highest BCUT2D eigenvalue weighted by Crippen LogP contribution is 2.10. The fourth-order valence-electron chi connectivity index (χ4n) is 1.69. The number of hydrogen-bond donors (Lipinski definition) is 2. The Morgan fingerprint density at radius 3 is 2.61 bits per heavy atom. The third kappa shape index (κ3) is 5.15. The van der Waals surface area contributed by atoms with E-state index in [1.54, 1.807) is 0 Å². The lowest BCUT2D eigenvalue weighted by atomic mass is 10.1. The van der Waals surface area contributed by atoms with Crippen molar-refractivity contribution in [2.75, 3.05) is 5.32 Å². The van der Waals surface area contributed by atoms with Crippen molar-refractivity contribution in [3.05, 3.63) is 29.8 Å². The van der Waals surface area contributed by atoms with E-state index >= 15 is 0 Å². The summed E-state index contributed by atoms with van der Waals surface area (Å²) in [6.07, 6.45) is 2.68. The highest BCUT2D eigenvalue weighted by Gasteiger charge is 2.03. The molecule has 0 saturated carbocycles. The third-order valence-corrected chi connectivity index (χ3v) is 2.81. The van der Waals surface area contributed by atoms with Crippen molar-refractivity contribution >= 4 is 23.0 Å². The summed E-state index contributed by atoms with van der Waals surface area (Å²) in [5.41, 5.74) is 1.96. The molecule has 0 radical (unpaired) electrons. The topological polar surface area (TPSA) is 47.8 Å². The zero-order valence-electron chi connectivity index (χ0n) is 10.9. The van der Waals surface area contributed by atoms with Crippen LogP contribution in [0.1, 0.15) is 32.3 Å². The van der Waals surface area contributed by atoms with Crippen LogP contribution in [0.2, 0.25) is 0 Å². The predicted octanol–water partition coefficient (Wildman–Crippen LogP) is 3.23. The van der Waals surface area contributed by atoms with Gasteiger partial charge in [-0.3, -0.25) is 0 Å². The number of benzene rings is 1. The summed E-state index contributed by atoms with van der Waals surface area (Å²) >= 11 is 5.24. The molecule has 2 N–H and O–H groups in total. The van der Waals surface area contributed by atoms with Crippen molar-refractivity contribution in [3.63, 3.8) is 0 Å². The molecule has 1 aromatic carbocycles. The first-order valence-electron chi connectivity index (χ1n) is 6.19. The smallest absolute Gasteiger partial charge is 0.170 e. The number of anilines is 1. The normalized spacial score (nSPS) is 11.4. The molecular weight excluding hydrogens is 242 g/mol. The van der Waals surface area contributed by atoms with Crippen LogP contribution < -0.4 is 10.6 Å². The van der Waals surface area contributed by atoms with E-state index in [0.717, 1.165) is 24.1 Å². The fraction of sp³-hybridized carbons (Fsp3) is 0.429. The summed E-state index contributed by atoms with van der Waals surface area (Å²) in [7, 11) is 0. The second-order valence-electron chi connectivity index (χ2n) is 4.32. The number of nitriles is 1. The lowest BCUT2D eigenvalue weighted by Gasteiger charge is -2.16. The van der Waals surface area contributed by atoms with Crippen molar-refractivity contribution in [3.8, 4) is 6.07 Å². The van der Waals surface area contributed by atoms with Gasteiger partial charge in [0.15, 0.2) is 5.11 Å². The van der Waals surface area contributed by atoms with Gasteiger partial charge in [-0.05, 0) is 43.3 Å². The van der Waals surface area contributed by atoms with Gasteiger partial charge in [0.1, 0.15) is 0 Å². The Bertz CT molecular complexity index is 420. The zero-order chi connectivity index (χ0) is 13.4. The van der Waals surface area contributed by atoms with Gasteiger partial charge in [0.2, 0.25) is 0 Å². The quantitative estimate of drug-likeness (QED) is 0.799. The molecule has 0 fully saturated rings. The van der Waals surface area contributed by atoms with E-state index in [1.165, 1.54) is 0 Å². The molecule has 0 aromatic heterocycles. The van der Waals surface area contributed by atoms with E-state index in [-0.39, 0.29) is 0 Å². The van der Waals surface area contributed by atoms with Gasteiger partial charge in [-0.25, -0.2) is 0 Å². The Kier molecular flexibility index (Phi) is 6.16. The summed E-state index contributed by atoms with van der Waals surface area (Å²) < 4.78 is 0. The second kappa shape index (κ2) is 7.67. The molecule has 1 rings (SSSR count). The van der Waals surface area contributed by atoms with Crippen molar-refractivity contribution in [1.82, 2.24) is 5.32 Å². The molecule has 0 amide bonds. The molecule has 4 heteroatoms. The van der Waals surface area contributed by atoms with Crippen LogP contribution in [0.15, 0.2) is 24.3 Å². The molecule has 0 aliphatic carbocycles. The van der Waals surface area contributed by atoms with Gasteiger partial charge in [-0.2, -0.15) is 5.26 Å². The largest absolute Gasteiger partial charge is 0.360 e. The van der Waals surface area contributed by atoms with Gasteiger partial charge in [0.05, 0.1) is 12.5 Å². The Labute approximate surface area is 114 Å². The molecule has 0 saturated heterocycles. The van der Waals surface area contributed by atoms with Crippen LogP contribution in [0.25, 0.3) is 0 Å². The molecule has 3 nitrogen and oxygen atoms in total. The van der Waals surface area contributed by atoms with Crippen molar-refractivity contribution < 1.29 is 0 Å². The zero-order valence-corrected chi connectivity index (χ0v) is 11.7. The Balaban J connectivity index is 2.47. The minimum atomic E-state index is 0.382. The van der Waals surface area contributed by atoms with Gasteiger partial charge < -0.3 is 10.6 Å². The molecule has 1 unspecified atom stereocenters. The Morgan fingerprint density at radius 2 is 2.06 bits per heavy atom. The van der Waals surface area contributed by atoms with Crippen LogP contribution in [0.4, 0.5) is 5.69 Å². The summed E-state index contributed by atoms with van der Waals surface area (Å²) in [4.78, 5) is 0. The van der Waals surface area contributed by atoms with Crippen LogP contribution in [-0.2, 0) is 6.42 Å². The van der Waals surface area contributed by atoms with Crippen LogP contribution >= 0.6 is 12.2 Å². The first kappa shape index (κ1) is 14.5. The molecule has 0 bridgehead atoms. The van der Waals surface area contributed by atoms with Crippen molar-refractivity contribution in [2.24, 2.45) is 0 Å². The third-order valence-electron chi connectivity index (χ3n) is 2.59. The SMILES string of the molecule is CCCC(C)NC(=S)Nc1ccc(CC#N)cc1. The molecule has 0 aliphatic rings. The van der Waals surface area contributed by atoms with Crippen LogP contribution in [0.3, 0.4) is 0 Å². The van der Waals surface area contributed by atoms with Crippen molar-refractivity contribution in [2.45, 2.75) is 39.2 Å². The summed E-state index contributed by atoms with van der Waals surface area (Å²) in [6.45, 7) is 4.27. The average molecular weight is 261 g/mol. The van der Waals surface area contributed by atoms with Crippen LogP contribution in [0.5, 0.6) is 0 Å². The van der Waals surface area contributed by atoms with Crippen molar-refractivity contribution in [1.29, 1.82) is 5.26 Å². The van der Waals surface area contributed by atoms with Gasteiger partial charge in [-0.1, -0.05) is 25.5 Å². The van der Waals surface area contributed by atoms with Gasteiger partial charge in [-0.15, -0.1) is 0 Å². The van der Waals surface area contributed by atoms with Gasteiger partial charge in [0, 0.05) is 11.7 Å². The summed E-state index contributed by atoms with van der Waals surface area (Å²) in [6, 6.07) is 10.2. The summed E-state index contributed by atoms with van der Waals surface area (Å²) in [5, 5.41) is 15.6. The van der Waals surface area contributed by atoms with E-state index in [4.69, 9.17) is 17.5 Å². The highest BCUT2D eigenvalue weighted by atomic mass is 32.1. The number of thiocarbonyl (C=S) groups is 1. The second-order valence-corrected chi connectivity index (χ2v) is 4.73.